The van der Waals surface area contributed by atoms with E-state index in [0.717, 1.165) is 49.1 Å². The van der Waals surface area contributed by atoms with E-state index in [1.807, 2.05) is 36.4 Å². The second-order valence-corrected chi connectivity index (χ2v) is 10.9. The maximum Gasteiger partial charge on any atom is 0.270 e. The minimum atomic E-state index is -0.721. The largest absolute Gasteiger partial charge is 0.338 e. The normalized spacial score (nSPS) is 19.7. The summed E-state index contributed by atoms with van der Waals surface area (Å²) in [5.41, 5.74) is 4.49. The Bertz CT molecular complexity index is 1530. The van der Waals surface area contributed by atoms with Gasteiger partial charge in [-0.05, 0) is 79.0 Å². The van der Waals surface area contributed by atoms with Crippen LogP contribution in [0.25, 0.3) is 11.4 Å². The lowest BCUT2D eigenvalue weighted by Gasteiger charge is -2.29. The number of anilines is 1. The second-order valence-electron chi connectivity index (χ2n) is 10.9. The Morgan fingerprint density at radius 3 is 2.55 bits per heavy atom. The molecule has 0 aliphatic heterocycles. The van der Waals surface area contributed by atoms with Crippen LogP contribution in [0.2, 0.25) is 0 Å². The number of rotatable bonds is 7. The van der Waals surface area contributed by atoms with Gasteiger partial charge in [0.15, 0.2) is 5.82 Å². The molecule has 9 nitrogen and oxygen atoms in total. The van der Waals surface area contributed by atoms with E-state index in [2.05, 4.69) is 42.6 Å². The smallest absolute Gasteiger partial charge is 0.270 e. The first-order valence-electron chi connectivity index (χ1n) is 13.2. The van der Waals surface area contributed by atoms with Gasteiger partial charge in [-0.25, -0.2) is 0 Å². The van der Waals surface area contributed by atoms with E-state index in [1.165, 1.54) is 10.2 Å². The van der Waals surface area contributed by atoms with Gasteiger partial charge in [0.1, 0.15) is 18.1 Å². The Labute approximate surface area is 220 Å². The van der Waals surface area contributed by atoms with Crippen LogP contribution in [0.5, 0.6) is 0 Å². The van der Waals surface area contributed by atoms with Gasteiger partial charge in [0.25, 0.3) is 5.91 Å². The second kappa shape index (κ2) is 8.65. The fourth-order valence-electron chi connectivity index (χ4n) is 6.10. The average Bonchev–Trinajstić information content (AvgIpc) is 3.77. The third kappa shape index (κ3) is 3.89. The number of nitrogens with one attached hydrogen (secondary N) is 2. The number of fused-ring (bicyclic) bond motifs is 1. The van der Waals surface area contributed by atoms with Gasteiger partial charge in [0.2, 0.25) is 5.91 Å². The van der Waals surface area contributed by atoms with Crippen LogP contribution < -0.4 is 10.6 Å². The number of nitrogens with zero attached hydrogens (tertiary/aromatic N) is 5. The van der Waals surface area contributed by atoms with Crippen LogP contribution in [-0.2, 0) is 18.3 Å². The van der Waals surface area contributed by atoms with E-state index < -0.39 is 6.04 Å². The Morgan fingerprint density at radius 1 is 1.05 bits per heavy atom. The van der Waals surface area contributed by atoms with E-state index in [9.17, 15) is 9.59 Å². The molecule has 2 aromatic heterocycles. The molecular formula is C29H29N7O2. The summed E-state index contributed by atoms with van der Waals surface area (Å²) in [6.45, 7) is 0. The lowest BCUT2D eigenvalue weighted by molar-refractivity contribution is -0.118. The van der Waals surface area contributed by atoms with E-state index in [0.29, 0.717) is 17.4 Å². The molecule has 1 spiro atoms. The molecule has 3 aliphatic carbocycles. The van der Waals surface area contributed by atoms with Crippen molar-refractivity contribution in [3.8, 4) is 11.4 Å². The summed E-state index contributed by atoms with van der Waals surface area (Å²) in [4.78, 5) is 27.2. The van der Waals surface area contributed by atoms with Gasteiger partial charge in [-0.3, -0.25) is 14.3 Å². The first kappa shape index (κ1) is 22.9. The van der Waals surface area contributed by atoms with Crippen LogP contribution in [0.3, 0.4) is 0 Å². The Kier molecular flexibility index (Phi) is 5.21. The summed E-state index contributed by atoms with van der Waals surface area (Å²) in [6.07, 6.45) is 8.71. The van der Waals surface area contributed by atoms with E-state index >= 15 is 0 Å². The first-order valence-corrected chi connectivity index (χ1v) is 13.2. The summed E-state index contributed by atoms with van der Waals surface area (Å²) in [6, 6.07) is 17.4. The summed E-state index contributed by atoms with van der Waals surface area (Å²) in [5.74, 6) is 0.222. The van der Waals surface area contributed by atoms with Gasteiger partial charge in [-0.15, -0.1) is 10.2 Å². The topological polar surface area (TPSA) is 107 Å². The van der Waals surface area contributed by atoms with Crippen molar-refractivity contribution < 1.29 is 9.59 Å². The summed E-state index contributed by atoms with van der Waals surface area (Å²) in [5, 5.41) is 18.7. The number of aromatic nitrogens is 5. The molecule has 4 aromatic rings. The molecule has 2 atom stereocenters. The summed E-state index contributed by atoms with van der Waals surface area (Å²) in [7, 11) is 1.73. The van der Waals surface area contributed by atoms with Crippen LogP contribution in [0.1, 0.15) is 59.3 Å². The highest BCUT2D eigenvalue weighted by Crippen LogP contribution is 2.64. The molecule has 3 aliphatic rings. The summed E-state index contributed by atoms with van der Waals surface area (Å²) >= 11 is 0. The molecule has 0 bridgehead atoms. The van der Waals surface area contributed by atoms with Gasteiger partial charge < -0.3 is 15.2 Å². The molecule has 2 amide bonds. The predicted octanol–water partition coefficient (Wildman–Crippen LogP) is 3.87. The van der Waals surface area contributed by atoms with Gasteiger partial charge in [0.05, 0.1) is 0 Å². The molecule has 2 heterocycles. The van der Waals surface area contributed by atoms with Crippen molar-refractivity contribution in [1.29, 1.82) is 0 Å². The van der Waals surface area contributed by atoms with Crippen molar-refractivity contribution in [2.45, 2.75) is 50.1 Å². The van der Waals surface area contributed by atoms with Crippen molar-refractivity contribution in [2.24, 2.45) is 12.5 Å². The van der Waals surface area contributed by atoms with E-state index in [1.54, 1.807) is 25.6 Å². The number of carbonyl (C=O) groups excluding carboxylic acids is 2. The molecule has 2 saturated carbocycles. The fourth-order valence-corrected chi connectivity index (χ4v) is 6.10. The average molecular weight is 508 g/mol. The van der Waals surface area contributed by atoms with Crippen molar-refractivity contribution in [3.63, 3.8) is 0 Å². The van der Waals surface area contributed by atoms with Gasteiger partial charge in [-0.2, -0.15) is 5.10 Å². The Hall–Kier alpha value is -4.27. The standard InChI is InChI=1S/C29H29N7O2/c1-35-23(12-15-31-35)27(37)33-25(24-22-5-3-2-4-19(22)16-29(24)13-14-29)28(38)32-20-8-6-18(7-9-20)26-34-30-17-36(26)21-10-11-21/h2-9,12,15,17,21,24-25H,10-11,13-14,16H2,1H3,(H,32,38)(H,33,37)/t24?,25-/m0/s1. The molecule has 192 valence electrons. The quantitative estimate of drug-likeness (QED) is 0.395. The number of amides is 2. The molecule has 2 aromatic carbocycles. The number of hydrogen-bond donors (Lipinski definition) is 2. The Balaban J connectivity index is 1.17. The zero-order valence-corrected chi connectivity index (χ0v) is 21.2. The fraction of sp³-hybridized carbons (Fsp3) is 0.345. The van der Waals surface area contributed by atoms with Crippen molar-refractivity contribution in [1.82, 2.24) is 29.9 Å². The molecule has 7 rings (SSSR count). The van der Waals surface area contributed by atoms with Crippen molar-refractivity contribution in [3.05, 3.63) is 83.9 Å². The molecule has 1 unspecified atom stereocenters. The van der Waals surface area contributed by atoms with Crippen molar-refractivity contribution >= 4 is 17.5 Å². The van der Waals surface area contributed by atoms with E-state index in [4.69, 9.17) is 0 Å². The van der Waals surface area contributed by atoms with Crippen LogP contribution in [0.4, 0.5) is 5.69 Å². The molecule has 0 saturated heterocycles. The number of benzene rings is 2. The molecule has 9 heteroatoms. The highest BCUT2D eigenvalue weighted by atomic mass is 16.2. The zero-order valence-electron chi connectivity index (χ0n) is 21.2. The SMILES string of the molecule is Cn1nccc1C(=O)N[C@H](C(=O)Nc1ccc(-c2nncn2C2CC2)cc1)C1c2ccccc2CC12CC2. The molecule has 0 radical (unpaired) electrons. The monoisotopic (exact) mass is 507 g/mol. The number of aryl methyl sites for hydroxylation is 1. The third-order valence-corrected chi connectivity index (χ3v) is 8.36. The Morgan fingerprint density at radius 2 is 1.84 bits per heavy atom. The summed E-state index contributed by atoms with van der Waals surface area (Å²) < 4.78 is 3.64. The highest BCUT2D eigenvalue weighted by molar-refractivity contribution is 6.01. The maximum absolute atomic E-state index is 13.9. The lowest BCUT2D eigenvalue weighted by atomic mass is 9.82. The number of hydrogen-bond acceptors (Lipinski definition) is 5. The molecule has 2 fully saturated rings. The van der Waals surface area contributed by atoms with Gasteiger partial charge >= 0.3 is 0 Å². The predicted molar refractivity (Wildman–Crippen MR) is 141 cm³/mol. The number of carbonyl (C=O) groups is 2. The van der Waals surface area contributed by atoms with Crippen molar-refractivity contribution in [2.75, 3.05) is 5.32 Å². The minimum absolute atomic E-state index is 0.0160. The third-order valence-electron chi connectivity index (χ3n) is 8.36. The highest BCUT2D eigenvalue weighted by Gasteiger charge is 2.58. The molecule has 38 heavy (non-hydrogen) atoms. The molecule has 2 N–H and O–H groups in total. The molecular weight excluding hydrogens is 478 g/mol. The van der Waals surface area contributed by atoms with Crippen LogP contribution in [0.15, 0.2) is 67.1 Å². The van der Waals surface area contributed by atoms with Gasteiger partial charge in [0, 0.05) is 36.5 Å². The van der Waals surface area contributed by atoms with E-state index in [-0.39, 0.29) is 23.1 Å². The van der Waals surface area contributed by atoms with Crippen LogP contribution >= 0.6 is 0 Å². The maximum atomic E-state index is 13.9. The van der Waals surface area contributed by atoms with Crippen LogP contribution in [-0.4, -0.2) is 42.4 Å². The van der Waals surface area contributed by atoms with Crippen LogP contribution in [0, 0.1) is 5.41 Å². The minimum Gasteiger partial charge on any atom is -0.338 e. The zero-order chi connectivity index (χ0) is 25.9. The first-order chi connectivity index (χ1) is 18.5. The van der Waals surface area contributed by atoms with Gasteiger partial charge in [-0.1, -0.05) is 24.3 Å². The lowest BCUT2D eigenvalue weighted by Crippen LogP contribution is -2.49.